The number of phenolic OH excluding ortho intramolecular Hbond substituents is 1. The molecule has 3 rings (SSSR count). The van der Waals surface area contributed by atoms with Gasteiger partial charge in [-0.3, -0.25) is 4.79 Å². The van der Waals surface area contributed by atoms with Gasteiger partial charge in [0, 0.05) is 12.1 Å². The quantitative estimate of drug-likeness (QED) is 0.123. The number of carbonyl (C=O) groups is 1. The molecule has 5 nitrogen and oxygen atoms in total. The molecule has 0 spiro atoms. The van der Waals surface area contributed by atoms with Gasteiger partial charge in [0.2, 0.25) is 11.8 Å². The van der Waals surface area contributed by atoms with E-state index >= 15 is 0 Å². The minimum Gasteiger partial charge on any atom is -0.507 e. The molecule has 0 unspecified atom stereocenters. The van der Waals surface area contributed by atoms with Gasteiger partial charge in [-0.25, -0.2) is 4.98 Å². The molecule has 0 aliphatic rings. The molecule has 5 heteroatoms. The molecule has 0 aliphatic heterocycles. The fourth-order valence-corrected chi connectivity index (χ4v) is 4.18. The summed E-state index contributed by atoms with van der Waals surface area (Å²) in [6, 6.07) is 12.4. The van der Waals surface area contributed by atoms with Crippen molar-refractivity contribution in [3.63, 3.8) is 0 Å². The second-order valence-electron chi connectivity index (χ2n) is 9.25. The smallest absolute Gasteiger partial charge is 0.231 e. The van der Waals surface area contributed by atoms with Crippen LogP contribution in [0.1, 0.15) is 90.4 Å². The summed E-state index contributed by atoms with van der Waals surface area (Å²) in [6.07, 6.45) is 19.8. The molecule has 3 aromatic rings. The predicted molar refractivity (Wildman–Crippen MR) is 145 cm³/mol. The van der Waals surface area contributed by atoms with Crippen LogP contribution in [0.3, 0.4) is 0 Å². The van der Waals surface area contributed by atoms with E-state index in [-0.39, 0.29) is 11.7 Å². The summed E-state index contributed by atoms with van der Waals surface area (Å²) >= 11 is 0. The summed E-state index contributed by atoms with van der Waals surface area (Å²) in [4.78, 5) is 16.8. The lowest BCUT2D eigenvalue weighted by Crippen LogP contribution is -2.11. The molecule has 0 fully saturated rings. The third-order valence-corrected chi connectivity index (χ3v) is 6.22. The number of phenols is 1. The Balaban J connectivity index is 1.30. The molecule has 0 aliphatic carbocycles. The molecule has 2 aromatic carbocycles. The first-order chi connectivity index (χ1) is 17.2. The molecule has 0 saturated heterocycles. The van der Waals surface area contributed by atoms with Crippen molar-refractivity contribution in [2.45, 2.75) is 90.4 Å². The summed E-state index contributed by atoms with van der Waals surface area (Å²) in [5.74, 6) is 0.388. The average Bonchev–Trinajstić information content (AvgIpc) is 3.29. The van der Waals surface area contributed by atoms with Gasteiger partial charge in [-0.05, 0) is 62.4 Å². The Morgan fingerprint density at radius 1 is 0.914 bits per heavy atom. The maximum atomic E-state index is 12.4. The minimum absolute atomic E-state index is 0.0129. The Bertz CT molecular complexity index is 1040. The van der Waals surface area contributed by atoms with Gasteiger partial charge in [-0.15, -0.1) is 0 Å². The number of unbranched alkanes of at least 4 members (excludes halogenated alkanes) is 10. The van der Waals surface area contributed by atoms with Crippen LogP contribution in [0.5, 0.6) is 5.75 Å². The highest BCUT2D eigenvalue weighted by Crippen LogP contribution is 2.33. The van der Waals surface area contributed by atoms with Crippen LogP contribution in [-0.4, -0.2) is 16.0 Å². The van der Waals surface area contributed by atoms with Gasteiger partial charge in [-0.1, -0.05) is 76.2 Å². The van der Waals surface area contributed by atoms with Crippen molar-refractivity contribution >= 4 is 22.7 Å². The topological polar surface area (TPSA) is 75.4 Å². The highest BCUT2D eigenvalue weighted by atomic mass is 16.3. The largest absolute Gasteiger partial charge is 0.507 e. The number of anilines is 1. The summed E-state index contributed by atoms with van der Waals surface area (Å²) < 4.78 is 5.76. The third-order valence-electron chi connectivity index (χ3n) is 6.22. The number of hydrogen-bond acceptors (Lipinski definition) is 4. The van der Waals surface area contributed by atoms with Gasteiger partial charge in [0.15, 0.2) is 5.58 Å². The monoisotopic (exact) mass is 476 g/mol. The number of aromatic hydroxyl groups is 1. The van der Waals surface area contributed by atoms with Gasteiger partial charge in [0.05, 0.1) is 5.56 Å². The Morgan fingerprint density at radius 2 is 1.60 bits per heavy atom. The molecular weight excluding hydrogens is 436 g/mol. The molecule has 2 N–H and O–H groups in total. The molecule has 1 amide bonds. The van der Waals surface area contributed by atoms with Crippen LogP contribution in [0.4, 0.5) is 5.69 Å². The van der Waals surface area contributed by atoms with E-state index in [0.29, 0.717) is 29.1 Å². The van der Waals surface area contributed by atoms with E-state index in [2.05, 4.69) is 29.4 Å². The van der Waals surface area contributed by atoms with Crippen molar-refractivity contribution in [1.29, 1.82) is 0 Å². The molecule has 188 valence electrons. The molecule has 35 heavy (non-hydrogen) atoms. The number of para-hydroxylation sites is 2. The lowest BCUT2D eigenvalue weighted by molar-refractivity contribution is -0.116. The van der Waals surface area contributed by atoms with Gasteiger partial charge in [-0.2, -0.15) is 0 Å². The fraction of sp³-hybridized carbons (Fsp3) is 0.467. The van der Waals surface area contributed by atoms with Crippen LogP contribution in [0, 0.1) is 0 Å². The number of nitrogens with zero attached hydrogens (tertiary/aromatic N) is 1. The molecule has 0 atom stereocenters. The van der Waals surface area contributed by atoms with E-state index < -0.39 is 0 Å². The Hall–Kier alpha value is -3.08. The number of oxazole rings is 1. The van der Waals surface area contributed by atoms with Crippen molar-refractivity contribution in [3.05, 3.63) is 54.6 Å². The van der Waals surface area contributed by atoms with Crippen molar-refractivity contribution < 1.29 is 14.3 Å². The van der Waals surface area contributed by atoms with Crippen molar-refractivity contribution in [3.8, 4) is 17.2 Å². The predicted octanol–water partition coefficient (Wildman–Crippen LogP) is 8.79. The number of allylic oxidation sites excluding steroid dienone is 2. The molecule has 0 saturated carbocycles. The van der Waals surface area contributed by atoms with Crippen LogP contribution >= 0.6 is 0 Å². The molecule has 1 heterocycles. The molecule has 0 bridgehead atoms. The van der Waals surface area contributed by atoms with Gasteiger partial charge in [0.1, 0.15) is 11.3 Å². The van der Waals surface area contributed by atoms with Crippen LogP contribution < -0.4 is 5.32 Å². The molecule has 0 radical (unpaired) electrons. The first-order valence-corrected chi connectivity index (χ1v) is 13.3. The number of fused-ring (bicyclic) bond motifs is 1. The minimum atomic E-state index is -0.0129. The zero-order valence-corrected chi connectivity index (χ0v) is 21.1. The van der Waals surface area contributed by atoms with E-state index in [1.807, 2.05) is 24.3 Å². The Labute approximate surface area is 209 Å². The van der Waals surface area contributed by atoms with Crippen molar-refractivity contribution in [2.75, 3.05) is 5.32 Å². The van der Waals surface area contributed by atoms with Crippen LogP contribution in [0.15, 0.2) is 59.0 Å². The maximum absolute atomic E-state index is 12.4. The lowest BCUT2D eigenvalue weighted by Gasteiger charge is -2.08. The van der Waals surface area contributed by atoms with Crippen LogP contribution in [-0.2, 0) is 4.79 Å². The first kappa shape index (κ1) is 26.5. The second-order valence-corrected chi connectivity index (χ2v) is 9.25. The number of hydrogen-bond donors (Lipinski definition) is 2. The zero-order chi connectivity index (χ0) is 24.7. The van der Waals surface area contributed by atoms with Crippen molar-refractivity contribution in [2.24, 2.45) is 0 Å². The van der Waals surface area contributed by atoms with Gasteiger partial charge < -0.3 is 14.8 Å². The van der Waals surface area contributed by atoms with E-state index in [1.54, 1.807) is 18.2 Å². The fourth-order valence-electron chi connectivity index (χ4n) is 4.18. The highest BCUT2D eigenvalue weighted by molar-refractivity contribution is 5.91. The van der Waals surface area contributed by atoms with E-state index in [9.17, 15) is 9.90 Å². The standard InChI is InChI=1S/C30H40N2O3/c1-2-3-4-5-6-7-8-9-10-11-12-13-14-15-20-29(34)31-24-21-22-27(33)25(23-24)30-32-26-18-16-17-19-28(26)35-30/h8-9,16-19,21-23,33H,2-7,10-15,20H2,1H3,(H,31,34)/b9-8+. The normalized spacial score (nSPS) is 11.5. The summed E-state index contributed by atoms with van der Waals surface area (Å²) in [6.45, 7) is 2.25. The number of rotatable bonds is 16. The number of amides is 1. The highest BCUT2D eigenvalue weighted by Gasteiger charge is 2.14. The summed E-state index contributed by atoms with van der Waals surface area (Å²) in [7, 11) is 0. The van der Waals surface area contributed by atoms with E-state index in [4.69, 9.17) is 4.42 Å². The SMILES string of the molecule is CCCCCCC/C=C/CCCCCCCC(=O)Nc1ccc(O)c(-c2nc3ccccc3o2)c1. The van der Waals surface area contributed by atoms with Crippen LogP contribution in [0.25, 0.3) is 22.6 Å². The van der Waals surface area contributed by atoms with Gasteiger partial charge in [0.25, 0.3) is 0 Å². The van der Waals surface area contributed by atoms with Gasteiger partial charge >= 0.3 is 0 Å². The van der Waals surface area contributed by atoms with E-state index in [1.165, 1.54) is 64.2 Å². The zero-order valence-electron chi connectivity index (χ0n) is 21.1. The molecule has 1 aromatic heterocycles. The second kappa shape index (κ2) is 15.0. The number of aromatic nitrogens is 1. The first-order valence-electron chi connectivity index (χ1n) is 13.3. The van der Waals surface area contributed by atoms with Crippen LogP contribution in [0.2, 0.25) is 0 Å². The number of nitrogens with one attached hydrogen (secondary N) is 1. The number of benzene rings is 2. The van der Waals surface area contributed by atoms with Crippen molar-refractivity contribution in [1.82, 2.24) is 4.98 Å². The molecular formula is C30H40N2O3. The average molecular weight is 477 g/mol. The summed E-state index contributed by atoms with van der Waals surface area (Å²) in [5, 5.41) is 13.2. The lowest BCUT2D eigenvalue weighted by atomic mass is 10.1. The number of carbonyl (C=O) groups excluding carboxylic acids is 1. The van der Waals surface area contributed by atoms with E-state index in [0.717, 1.165) is 18.4 Å². The summed E-state index contributed by atoms with van der Waals surface area (Å²) in [5.41, 5.74) is 2.47. The Kier molecular flexibility index (Phi) is 11.4. The Morgan fingerprint density at radius 3 is 2.34 bits per heavy atom. The maximum Gasteiger partial charge on any atom is 0.231 e. The third kappa shape index (κ3) is 9.23.